The molecule has 6 heteroatoms. The number of aromatic nitrogens is 1. The van der Waals surface area contributed by atoms with E-state index in [0.717, 1.165) is 17.0 Å². The van der Waals surface area contributed by atoms with Gasteiger partial charge in [-0.3, -0.25) is 9.59 Å². The first kappa shape index (κ1) is 17.8. The third-order valence-corrected chi connectivity index (χ3v) is 5.41. The Morgan fingerprint density at radius 1 is 1.19 bits per heavy atom. The van der Waals surface area contributed by atoms with Gasteiger partial charge in [0.2, 0.25) is 0 Å². The maximum absolute atomic E-state index is 13.4. The number of benzene rings is 1. The van der Waals surface area contributed by atoms with Crippen LogP contribution in [-0.4, -0.2) is 41.2 Å². The van der Waals surface area contributed by atoms with E-state index in [-0.39, 0.29) is 17.0 Å². The minimum absolute atomic E-state index is 0.210. The molecule has 1 fully saturated rings. The molecule has 0 radical (unpaired) electrons. The highest BCUT2D eigenvalue weighted by molar-refractivity contribution is 5.95. The molecule has 1 saturated heterocycles. The zero-order chi connectivity index (χ0) is 19.0. The molecular formula is C21H24N2O4. The van der Waals surface area contributed by atoms with Crippen LogP contribution in [0.25, 0.3) is 0 Å². The van der Waals surface area contributed by atoms with Gasteiger partial charge in [-0.05, 0) is 31.5 Å². The number of aromatic amines is 1. The Labute approximate surface area is 158 Å². The molecule has 0 saturated carbocycles. The van der Waals surface area contributed by atoms with Gasteiger partial charge in [0.05, 0.1) is 19.8 Å². The number of nitrogens with zero attached hydrogens (tertiary/aromatic N) is 1. The molecule has 1 amide bonds. The zero-order valence-corrected chi connectivity index (χ0v) is 15.7. The van der Waals surface area contributed by atoms with Crippen molar-refractivity contribution in [1.29, 1.82) is 0 Å². The van der Waals surface area contributed by atoms with Crippen molar-refractivity contribution in [2.75, 3.05) is 19.8 Å². The number of para-hydroxylation sites is 1. The number of fused-ring (bicyclic) bond motifs is 1. The van der Waals surface area contributed by atoms with Crippen LogP contribution in [0.2, 0.25) is 0 Å². The molecular weight excluding hydrogens is 344 g/mol. The molecule has 2 aliphatic heterocycles. The van der Waals surface area contributed by atoms with Gasteiger partial charge < -0.3 is 19.4 Å². The Morgan fingerprint density at radius 3 is 2.67 bits per heavy atom. The Balaban J connectivity index is 1.75. The number of rotatable bonds is 1. The van der Waals surface area contributed by atoms with Crippen molar-refractivity contribution in [2.45, 2.75) is 38.8 Å². The Hall–Kier alpha value is -2.60. The van der Waals surface area contributed by atoms with Crippen LogP contribution in [0.4, 0.5) is 0 Å². The summed E-state index contributed by atoms with van der Waals surface area (Å²) < 4.78 is 11.9. The number of hydrogen-bond donors (Lipinski definition) is 1. The van der Waals surface area contributed by atoms with Crippen LogP contribution < -0.4 is 10.3 Å². The Kier molecular flexibility index (Phi) is 4.52. The molecule has 2 aromatic rings. The van der Waals surface area contributed by atoms with Crippen molar-refractivity contribution in [3.8, 4) is 5.75 Å². The largest absolute Gasteiger partial charge is 0.485 e. The monoisotopic (exact) mass is 368 g/mol. The third kappa shape index (κ3) is 3.37. The standard InChI is InChI=1S/C21H24N2O4/c1-14-11-15(2)22-19(24)18(14)20(25)23-12-16-5-3-4-6-17(16)27-21(13-23)7-9-26-10-8-21/h3-6,11H,7-10,12-13H2,1-2H3,(H,22,24). The third-order valence-electron chi connectivity index (χ3n) is 5.41. The smallest absolute Gasteiger partial charge is 0.261 e. The summed E-state index contributed by atoms with van der Waals surface area (Å²) in [6.07, 6.45) is 1.43. The lowest BCUT2D eigenvalue weighted by atomic mass is 9.93. The lowest BCUT2D eigenvalue weighted by Gasteiger charge is -2.38. The van der Waals surface area contributed by atoms with E-state index < -0.39 is 5.60 Å². The summed E-state index contributed by atoms with van der Waals surface area (Å²) >= 11 is 0. The number of pyridine rings is 1. The van der Waals surface area contributed by atoms with Gasteiger partial charge in [0.1, 0.15) is 16.9 Å². The fraction of sp³-hybridized carbons (Fsp3) is 0.429. The molecule has 4 rings (SSSR count). The number of carbonyl (C=O) groups excluding carboxylic acids is 1. The normalized spacial score (nSPS) is 18.5. The highest BCUT2D eigenvalue weighted by atomic mass is 16.5. The topological polar surface area (TPSA) is 71.6 Å². The second-order valence-corrected chi connectivity index (χ2v) is 7.51. The van der Waals surface area contributed by atoms with Gasteiger partial charge >= 0.3 is 0 Å². The highest BCUT2D eigenvalue weighted by Gasteiger charge is 2.41. The average molecular weight is 368 g/mol. The minimum atomic E-state index is -0.480. The van der Waals surface area contributed by atoms with E-state index in [1.807, 2.05) is 44.2 Å². The number of ether oxygens (including phenoxy) is 2. The summed E-state index contributed by atoms with van der Waals surface area (Å²) in [5.41, 5.74) is 1.79. The summed E-state index contributed by atoms with van der Waals surface area (Å²) in [5.74, 6) is 0.559. The molecule has 0 bridgehead atoms. The van der Waals surface area contributed by atoms with E-state index in [1.54, 1.807) is 4.90 Å². The van der Waals surface area contributed by atoms with Crippen LogP contribution in [0.15, 0.2) is 35.1 Å². The SMILES string of the molecule is Cc1cc(C)c(C(=O)N2Cc3ccccc3OC3(CCOCC3)C2)c(=O)[nH]1. The van der Waals surface area contributed by atoms with Crippen LogP contribution >= 0.6 is 0 Å². The lowest BCUT2D eigenvalue weighted by Crippen LogP contribution is -2.51. The molecule has 6 nitrogen and oxygen atoms in total. The number of carbonyl (C=O) groups is 1. The van der Waals surface area contributed by atoms with E-state index in [2.05, 4.69) is 4.98 Å². The van der Waals surface area contributed by atoms with Gasteiger partial charge in [0.15, 0.2) is 0 Å². The Bertz CT molecular complexity index is 928. The summed E-state index contributed by atoms with van der Waals surface area (Å²) in [5, 5.41) is 0. The number of H-pyrrole nitrogens is 1. The lowest BCUT2D eigenvalue weighted by molar-refractivity contribution is -0.0551. The first-order valence-electron chi connectivity index (χ1n) is 9.32. The predicted molar refractivity (Wildman–Crippen MR) is 101 cm³/mol. The van der Waals surface area contributed by atoms with E-state index in [9.17, 15) is 9.59 Å². The van der Waals surface area contributed by atoms with Gasteiger partial charge in [-0.25, -0.2) is 0 Å². The van der Waals surface area contributed by atoms with Crippen molar-refractivity contribution < 1.29 is 14.3 Å². The number of aryl methyl sites for hydroxylation is 2. The van der Waals surface area contributed by atoms with Crippen LogP contribution in [0, 0.1) is 13.8 Å². The summed E-state index contributed by atoms with van der Waals surface area (Å²) in [6.45, 7) is 5.70. The molecule has 142 valence electrons. The van der Waals surface area contributed by atoms with Gasteiger partial charge in [0, 0.05) is 30.6 Å². The predicted octanol–water partition coefficient (Wildman–Crippen LogP) is 2.58. The van der Waals surface area contributed by atoms with E-state index >= 15 is 0 Å². The van der Waals surface area contributed by atoms with Crippen molar-refractivity contribution >= 4 is 5.91 Å². The molecule has 1 aromatic heterocycles. The van der Waals surface area contributed by atoms with Crippen molar-refractivity contribution in [2.24, 2.45) is 0 Å². The molecule has 0 aliphatic carbocycles. The Morgan fingerprint density at radius 2 is 1.93 bits per heavy atom. The van der Waals surface area contributed by atoms with Crippen molar-refractivity contribution in [3.05, 3.63) is 63.1 Å². The van der Waals surface area contributed by atoms with E-state index in [4.69, 9.17) is 9.47 Å². The second-order valence-electron chi connectivity index (χ2n) is 7.51. The average Bonchev–Trinajstić information content (AvgIpc) is 2.78. The summed E-state index contributed by atoms with van der Waals surface area (Å²) in [4.78, 5) is 30.4. The van der Waals surface area contributed by atoms with E-state index in [1.165, 1.54) is 0 Å². The summed E-state index contributed by atoms with van der Waals surface area (Å²) in [7, 11) is 0. The fourth-order valence-corrected chi connectivity index (χ4v) is 4.03. The van der Waals surface area contributed by atoms with Crippen LogP contribution in [-0.2, 0) is 11.3 Å². The molecule has 27 heavy (non-hydrogen) atoms. The molecule has 1 N–H and O–H groups in total. The van der Waals surface area contributed by atoms with Gasteiger partial charge in [-0.2, -0.15) is 0 Å². The van der Waals surface area contributed by atoms with Gasteiger partial charge in [-0.15, -0.1) is 0 Å². The quantitative estimate of drug-likeness (QED) is 0.840. The zero-order valence-electron chi connectivity index (χ0n) is 15.7. The molecule has 1 spiro atoms. The first-order chi connectivity index (χ1) is 13.0. The molecule has 2 aliphatic rings. The molecule has 0 unspecified atom stereocenters. The highest BCUT2D eigenvalue weighted by Crippen LogP contribution is 2.35. The van der Waals surface area contributed by atoms with Crippen LogP contribution in [0.1, 0.15) is 40.0 Å². The molecule has 3 heterocycles. The van der Waals surface area contributed by atoms with Crippen LogP contribution in [0.3, 0.4) is 0 Å². The molecule has 0 atom stereocenters. The number of hydrogen-bond acceptors (Lipinski definition) is 4. The number of amides is 1. The van der Waals surface area contributed by atoms with Crippen LogP contribution in [0.5, 0.6) is 5.75 Å². The minimum Gasteiger partial charge on any atom is -0.485 e. The van der Waals surface area contributed by atoms with E-state index in [0.29, 0.717) is 44.7 Å². The van der Waals surface area contributed by atoms with Crippen molar-refractivity contribution in [3.63, 3.8) is 0 Å². The van der Waals surface area contributed by atoms with Crippen molar-refractivity contribution in [1.82, 2.24) is 9.88 Å². The van der Waals surface area contributed by atoms with Gasteiger partial charge in [-0.1, -0.05) is 18.2 Å². The number of nitrogens with one attached hydrogen (secondary N) is 1. The maximum Gasteiger partial charge on any atom is 0.261 e. The first-order valence-corrected chi connectivity index (χ1v) is 9.32. The second kappa shape index (κ2) is 6.85. The summed E-state index contributed by atoms with van der Waals surface area (Å²) in [6, 6.07) is 9.64. The maximum atomic E-state index is 13.4. The van der Waals surface area contributed by atoms with Gasteiger partial charge in [0.25, 0.3) is 11.5 Å². The fourth-order valence-electron chi connectivity index (χ4n) is 4.03. The molecule has 1 aromatic carbocycles.